The van der Waals surface area contributed by atoms with Crippen molar-refractivity contribution in [2.45, 2.75) is 64.5 Å². The monoisotopic (exact) mass is 378 g/mol. The average Bonchev–Trinajstić information content (AvgIpc) is 2.63. The molecule has 1 fully saturated rings. The molecule has 1 aromatic heterocycles. The van der Waals surface area contributed by atoms with E-state index < -0.39 is 5.60 Å². The van der Waals surface area contributed by atoms with E-state index in [4.69, 9.17) is 4.74 Å². The Balaban J connectivity index is 1.69. The van der Waals surface area contributed by atoms with E-state index in [1.54, 1.807) is 0 Å². The van der Waals surface area contributed by atoms with Gasteiger partial charge in [-0.25, -0.2) is 4.79 Å². The smallest absolute Gasteiger partial charge is 0.410 e. The molecule has 148 valence electrons. The number of likely N-dealkylation sites (tertiary alicyclic amines) is 1. The molecule has 0 N–H and O–H groups in total. The summed E-state index contributed by atoms with van der Waals surface area (Å²) in [6.07, 6.45) is 5.35. The van der Waals surface area contributed by atoms with Crippen LogP contribution in [0.2, 0.25) is 0 Å². The van der Waals surface area contributed by atoms with Crippen LogP contribution in [0, 0.1) is 5.92 Å². The molecule has 4 rings (SSSR count). The number of aromatic nitrogens is 1. The van der Waals surface area contributed by atoms with Crippen LogP contribution in [0.25, 0.3) is 11.1 Å². The molecule has 4 nitrogen and oxygen atoms in total. The van der Waals surface area contributed by atoms with Crippen molar-refractivity contribution < 1.29 is 9.53 Å². The van der Waals surface area contributed by atoms with Crippen molar-refractivity contribution in [1.29, 1.82) is 0 Å². The number of carbonyl (C=O) groups excluding carboxylic acids is 1. The summed E-state index contributed by atoms with van der Waals surface area (Å²) in [7, 11) is 0. The number of fused-ring (bicyclic) bond motifs is 4. The van der Waals surface area contributed by atoms with Gasteiger partial charge in [0.2, 0.25) is 0 Å². The van der Waals surface area contributed by atoms with Gasteiger partial charge in [0.05, 0.1) is 0 Å². The van der Waals surface area contributed by atoms with Gasteiger partial charge in [0.25, 0.3) is 0 Å². The molecule has 3 atom stereocenters. The Morgan fingerprint density at radius 3 is 2.57 bits per heavy atom. The second kappa shape index (κ2) is 6.61. The van der Waals surface area contributed by atoms with Crippen LogP contribution < -0.4 is 0 Å². The fraction of sp³-hybridized carbons (Fsp3) is 0.500. The highest BCUT2D eigenvalue weighted by Gasteiger charge is 2.50. The molecule has 1 aliphatic carbocycles. The summed E-state index contributed by atoms with van der Waals surface area (Å²) in [6, 6.07) is 11.1. The molecule has 0 saturated carbocycles. The number of carbonyl (C=O) groups is 1. The number of ether oxygens (including phenoxy) is 1. The van der Waals surface area contributed by atoms with Gasteiger partial charge < -0.3 is 9.64 Å². The fourth-order valence-electron chi connectivity index (χ4n) is 4.89. The molecule has 0 radical (unpaired) electrons. The molecule has 1 saturated heterocycles. The van der Waals surface area contributed by atoms with Crippen molar-refractivity contribution in [3.63, 3.8) is 0 Å². The predicted octanol–water partition coefficient (Wildman–Crippen LogP) is 5.21. The highest BCUT2D eigenvalue weighted by molar-refractivity contribution is 5.70. The first-order chi connectivity index (χ1) is 13.2. The Hall–Kier alpha value is -2.36. The third-order valence-electron chi connectivity index (χ3n) is 6.65. The van der Waals surface area contributed by atoms with Crippen molar-refractivity contribution in [2.24, 2.45) is 5.92 Å². The molecular formula is C24H30N2O2. The minimum atomic E-state index is -0.465. The molecule has 4 heteroatoms. The third kappa shape index (κ3) is 3.19. The number of amides is 1. The molecule has 2 aliphatic rings. The number of benzene rings is 1. The topological polar surface area (TPSA) is 42.4 Å². The SMILES string of the molecule is C[C@@H]1[C@H]2Cc3ccc(-c4ccncc4)cc3[C@]1(C)CCN2C(=O)OC(C)(C)C. The Morgan fingerprint density at radius 2 is 1.89 bits per heavy atom. The standard InChI is InChI=1S/C24H30N2O2/c1-16-21-15-19-7-6-18(17-8-11-25-12-9-17)14-20(19)24(16,5)10-13-26(21)22(27)28-23(2,3)4/h6-9,11-12,14,16,21H,10,13,15H2,1-5H3/t16-,21-,24-/m1/s1. The van der Waals surface area contributed by atoms with Crippen molar-refractivity contribution in [3.05, 3.63) is 53.9 Å². The highest BCUT2D eigenvalue weighted by Crippen LogP contribution is 2.49. The van der Waals surface area contributed by atoms with Gasteiger partial charge in [-0.2, -0.15) is 0 Å². The molecule has 2 aromatic rings. The normalized spacial score (nSPS) is 26.5. The molecule has 2 heterocycles. The Morgan fingerprint density at radius 1 is 1.18 bits per heavy atom. The van der Waals surface area contributed by atoms with E-state index in [1.165, 1.54) is 22.3 Å². The maximum absolute atomic E-state index is 12.8. The Kier molecular flexibility index (Phi) is 4.48. The number of hydrogen-bond donors (Lipinski definition) is 0. The van der Waals surface area contributed by atoms with Gasteiger partial charge in [-0.15, -0.1) is 0 Å². The summed E-state index contributed by atoms with van der Waals surface area (Å²) in [4.78, 5) is 18.9. The highest BCUT2D eigenvalue weighted by atomic mass is 16.6. The van der Waals surface area contributed by atoms with E-state index in [0.717, 1.165) is 19.4 Å². The third-order valence-corrected chi connectivity index (χ3v) is 6.65. The predicted molar refractivity (Wildman–Crippen MR) is 111 cm³/mol. The Labute approximate surface area is 167 Å². The van der Waals surface area contributed by atoms with Gasteiger partial charge in [0.15, 0.2) is 0 Å². The quantitative estimate of drug-likeness (QED) is 0.684. The number of hydrogen-bond acceptors (Lipinski definition) is 3. The van der Waals surface area contributed by atoms with Crippen LogP contribution in [0.3, 0.4) is 0 Å². The summed E-state index contributed by atoms with van der Waals surface area (Å²) in [6.45, 7) is 11.2. The van der Waals surface area contributed by atoms with Gasteiger partial charge in [0.1, 0.15) is 5.60 Å². The lowest BCUT2D eigenvalue weighted by molar-refractivity contribution is -0.0164. The average molecular weight is 379 g/mol. The van der Waals surface area contributed by atoms with Gasteiger partial charge in [-0.3, -0.25) is 4.98 Å². The van der Waals surface area contributed by atoms with Crippen molar-refractivity contribution in [1.82, 2.24) is 9.88 Å². The largest absolute Gasteiger partial charge is 0.444 e. The number of pyridine rings is 1. The first kappa shape index (κ1) is 19.0. The van der Waals surface area contributed by atoms with Crippen LogP contribution in [0.15, 0.2) is 42.7 Å². The lowest BCUT2D eigenvalue weighted by Crippen LogP contribution is -2.60. The van der Waals surface area contributed by atoms with Crippen molar-refractivity contribution in [3.8, 4) is 11.1 Å². The van der Waals surface area contributed by atoms with Crippen LogP contribution in [0.5, 0.6) is 0 Å². The van der Waals surface area contributed by atoms with E-state index in [-0.39, 0.29) is 17.6 Å². The minimum Gasteiger partial charge on any atom is -0.444 e. The van der Waals surface area contributed by atoms with Crippen LogP contribution in [-0.2, 0) is 16.6 Å². The zero-order valence-corrected chi connectivity index (χ0v) is 17.5. The summed E-state index contributed by atoms with van der Waals surface area (Å²) in [5.74, 6) is 0.383. The van der Waals surface area contributed by atoms with Crippen LogP contribution in [0.1, 0.15) is 52.2 Å². The maximum atomic E-state index is 12.8. The second-order valence-corrected chi connectivity index (χ2v) is 9.51. The zero-order chi connectivity index (χ0) is 20.1. The van der Waals surface area contributed by atoms with Crippen LogP contribution in [-0.4, -0.2) is 34.2 Å². The maximum Gasteiger partial charge on any atom is 0.410 e. The Bertz CT molecular complexity index is 887. The van der Waals surface area contributed by atoms with Gasteiger partial charge in [-0.1, -0.05) is 32.0 Å². The van der Waals surface area contributed by atoms with Gasteiger partial charge in [0, 0.05) is 25.0 Å². The molecule has 2 bridgehead atoms. The minimum absolute atomic E-state index is 0.0692. The fourth-order valence-corrected chi connectivity index (χ4v) is 4.89. The molecule has 28 heavy (non-hydrogen) atoms. The summed E-state index contributed by atoms with van der Waals surface area (Å²) < 4.78 is 5.70. The lowest BCUT2D eigenvalue weighted by atomic mass is 9.59. The number of piperidine rings is 1. The van der Waals surface area contributed by atoms with E-state index in [2.05, 4.69) is 49.2 Å². The molecular weight excluding hydrogens is 348 g/mol. The summed E-state index contributed by atoms with van der Waals surface area (Å²) >= 11 is 0. The first-order valence-corrected chi connectivity index (χ1v) is 10.2. The summed E-state index contributed by atoms with van der Waals surface area (Å²) in [5, 5.41) is 0. The molecule has 1 aliphatic heterocycles. The lowest BCUT2D eigenvalue weighted by Gasteiger charge is -2.54. The summed E-state index contributed by atoms with van der Waals surface area (Å²) in [5.41, 5.74) is 4.84. The van der Waals surface area contributed by atoms with Crippen molar-refractivity contribution >= 4 is 6.09 Å². The zero-order valence-electron chi connectivity index (χ0n) is 17.5. The van der Waals surface area contributed by atoms with E-state index in [0.29, 0.717) is 5.92 Å². The van der Waals surface area contributed by atoms with E-state index in [1.807, 2.05) is 38.1 Å². The first-order valence-electron chi connectivity index (χ1n) is 10.2. The van der Waals surface area contributed by atoms with E-state index >= 15 is 0 Å². The van der Waals surface area contributed by atoms with E-state index in [9.17, 15) is 4.79 Å². The second-order valence-electron chi connectivity index (χ2n) is 9.51. The van der Waals surface area contributed by atoms with Gasteiger partial charge >= 0.3 is 6.09 Å². The number of nitrogens with zero attached hydrogens (tertiary/aromatic N) is 2. The van der Waals surface area contributed by atoms with Gasteiger partial charge in [-0.05, 0) is 79.3 Å². The van der Waals surface area contributed by atoms with Crippen LogP contribution >= 0.6 is 0 Å². The number of rotatable bonds is 1. The van der Waals surface area contributed by atoms with Crippen LogP contribution in [0.4, 0.5) is 4.79 Å². The molecule has 1 amide bonds. The molecule has 0 spiro atoms. The molecule has 0 unspecified atom stereocenters. The molecule has 1 aromatic carbocycles. The van der Waals surface area contributed by atoms with Crippen molar-refractivity contribution in [2.75, 3.05) is 6.54 Å².